The van der Waals surface area contributed by atoms with Crippen LogP contribution in [0.5, 0.6) is 0 Å². The summed E-state index contributed by atoms with van der Waals surface area (Å²) in [5.41, 5.74) is 4.08. The van der Waals surface area contributed by atoms with Gasteiger partial charge in [-0.1, -0.05) is 42.5 Å². The number of ketones is 1. The van der Waals surface area contributed by atoms with Crippen LogP contribution in [0.2, 0.25) is 0 Å². The summed E-state index contributed by atoms with van der Waals surface area (Å²) in [4.78, 5) is 47.0. The third-order valence-electron chi connectivity index (χ3n) is 5.28. The molecule has 0 aliphatic carbocycles. The van der Waals surface area contributed by atoms with Gasteiger partial charge in [0.05, 0.1) is 18.4 Å². The van der Waals surface area contributed by atoms with Crippen molar-refractivity contribution in [1.82, 2.24) is 25.6 Å². The van der Waals surface area contributed by atoms with Crippen LogP contribution in [-0.4, -0.2) is 45.5 Å². The minimum Gasteiger partial charge on any atom is -0.341 e. The molecule has 0 saturated heterocycles. The first-order valence-corrected chi connectivity index (χ1v) is 10.9. The summed E-state index contributed by atoms with van der Waals surface area (Å²) in [7, 11) is 1.18. The Morgan fingerprint density at radius 1 is 1.03 bits per heavy atom. The fourth-order valence-corrected chi connectivity index (χ4v) is 3.61. The fraction of sp³-hybridized carbons (Fsp3) is 0.115. The molecule has 0 aliphatic rings. The zero-order valence-electron chi connectivity index (χ0n) is 19.2. The number of hydrogen-bond acceptors (Lipinski definition) is 6. The molecule has 2 amide bonds. The van der Waals surface area contributed by atoms with Gasteiger partial charge in [0.25, 0.3) is 5.91 Å². The number of halogens is 1. The van der Waals surface area contributed by atoms with Crippen LogP contribution < -0.4 is 10.8 Å². The van der Waals surface area contributed by atoms with Gasteiger partial charge >= 0.3 is 5.91 Å². The Bertz CT molecular complexity index is 1390. The van der Waals surface area contributed by atoms with Gasteiger partial charge in [0.1, 0.15) is 11.9 Å². The summed E-state index contributed by atoms with van der Waals surface area (Å²) in [6.45, 7) is 0. The van der Waals surface area contributed by atoms with Crippen LogP contribution in [0.25, 0.3) is 17.1 Å². The zero-order chi connectivity index (χ0) is 25.5. The number of pyridine rings is 1. The number of nitrogens with zero attached hydrogens (tertiary/aromatic N) is 3. The Morgan fingerprint density at radius 2 is 1.83 bits per heavy atom. The van der Waals surface area contributed by atoms with Crippen LogP contribution >= 0.6 is 0 Å². The monoisotopic (exact) mass is 487 g/mol. The predicted molar refractivity (Wildman–Crippen MR) is 128 cm³/mol. The van der Waals surface area contributed by atoms with Gasteiger partial charge in [-0.2, -0.15) is 5.10 Å². The number of Topliss-reactive ketones (excluding diaryl/α,β-unsaturated/α-hetero) is 1. The molecule has 0 aliphatic heterocycles. The van der Waals surface area contributed by atoms with E-state index in [-0.39, 0.29) is 17.8 Å². The van der Waals surface area contributed by atoms with E-state index in [2.05, 4.69) is 20.2 Å². The molecule has 2 aromatic carbocycles. The molecular formula is C26H22FN5O4. The van der Waals surface area contributed by atoms with Gasteiger partial charge in [0, 0.05) is 24.4 Å². The van der Waals surface area contributed by atoms with Crippen molar-refractivity contribution in [2.75, 3.05) is 7.11 Å². The Kier molecular flexibility index (Phi) is 7.57. The van der Waals surface area contributed by atoms with Gasteiger partial charge < -0.3 is 5.32 Å². The van der Waals surface area contributed by atoms with Crippen molar-refractivity contribution in [1.29, 1.82) is 0 Å². The lowest BCUT2D eigenvalue weighted by molar-refractivity contribution is -0.145. The average molecular weight is 487 g/mol. The van der Waals surface area contributed by atoms with Crippen LogP contribution in [-0.2, 0) is 20.8 Å². The molecule has 0 spiro atoms. The number of rotatable bonds is 9. The molecular weight excluding hydrogens is 465 g/mol. The second-order valence-corrected chi connectivity index (χ2v) is 7.75. The Hall–Kier alpha value is -4.70. The maximum atomic E-state index is 13.7. The quantitative estimate of drug-likeness (QED) is 0.277. The highest BCUT2D eigenvalue weighted by molar-refractivity contribution is 6.38. The number of hydroxylamine groups is 1. The second-order valence-electron chi connectivity index (χ2n) is 7.75. The van der Waals surface area contributed by atoms with E-state index < -0.39 is 29.5 Å². The Labute approximate surface area is 205 Å². The normalized spacial score (nSPS) is 11.5. The number of hydrogen-bond donors (Lipinski definition) is 2. The van der Waals surface area contributed by atoms with E-state index in [1.165, 1.54) is 42.3 Å². The maximum Gasteiger partial charge on any atom is 0.313 e. The smallest absolute Gasteiger partial charge is 0.313 e. The fourth-order valence-electron chi connectivity index (χ4n) is 3.61. The van der Waals surface area contributed by atoms with Gasteiger partial charge in [0.15, 0.2) is 5.82 Å². The average Bonchev–Trinajstić information content (AvgIpc) is 3.39. The van der Waals surface area contributed by atoms with E-state index in [0.717, 1.165) is 5.56 Å². The first-order chi connectivity index (χ1) is 17.5. The number of amides is 2. The maximum absolute atomic E-state index is 13.7. The van der Waals surface area contributed by atoms with Crippen molar-refractivity contribution >= 4 is 17.6 Å². The van der Waals surface area contributed by atoms with Crippen LogP contribution in [0.1, 0.15) is 15.9 Å². The van der Waals surface area contributed by atoms with Crippen molar-refractivity contribution in [3.05, 3.63) is 102 Å². The van der Waals surface area contributed by atoms with Gasteiger partial charge in [-0.3, -0.25) is 19.2 Å². The van der Waals surface area contributed by atoms with Gasteiger partial charge in [-0.15, -0.1) is 0 Å². The van der Waals surface area contributed by atoms with Crippen LogP contribution in [0.15, 0.2) is 85.2 Å². The van der Waals surface area contributed by atoms with Crippen LogP contribution in [0.3, 0.4) is 0 Å². The lowest BCUT2D eigenvalue weighted by atomic mass is 10.0. The number of carbonyl (C=O) groups is 3. The molecule has 10 heteroatoms. The second kappa shape index (κ2) is 11.2. The molecule has 0 fully saturated rings. The van der Waals surface area contributed by atoms with Crippen molar-refractivity contribution in [2.24, 2.45) is 0 Å². The topological polar surface area (TPSA) is 115 Å². The SMILES string of the molecule is CONC(=O)C(=O)C(Cc1cccc(F)c1)NC(=O)c1cccnc1-n1ccc(-c2ccccc2)n1. The first-order valence-electron chi connectivity index (χ1n) is 10.9. The van der Waals surface area contributed by atoms with E-state index in [9.17, 15) is 18.8 Å². The number of benzene rings is 2. The summed E-state index contributed by atoms with van der Waals surface area (Å²) in [6, 6.07) is 18.6. The summed E-state index contributed by atoms with van der Waals surface area (Å²) in [5, 5.41) is 7.10. The van der Waals surface area contributed by atoms with Crippen molar-refractivity contribution in [3.8, 4) is 17.1 Å². The molecule has 36 heavy (non-hydrogen) atoms. The minimum atomic E-state index is -1.29. The van der Waals surface area contributed by atoms with E-state index in [1.807, 2.05) is 35.8 Å². The van der Waals surface area contributed by atoms with Gasteiger partial charge in [-0.25, -0.2) is 19.5 Å². The van der Waals surface area contributed by atoms with Gasteiger partial charge in [0.2, 0.25) is 5.78 Å². The molecule has 4 rings (SSSR count). The highest BCUT2D eigenvalue weighted by Gasteiger charge is 2.29. The highest BCUT2D eigenvalue weighted by Crippen LogP contribution is 2.19. The van der Waals surface area contributed by atoms with E-state index in [4.69, 9.17) is 0 Å². The number of nitrogens with one attached hydrogen (secondary N) is 2. The summed E-state index contributed by atoms with van der Waals surface area (Å²) in [6.07, 6.45) is 3.06. The lowest BCUT2D eigenvalue weighted by Crippen LogP contribution is -2.48. The molecule has 1 unspecified atom stereocenters. The van der Waals surface area contributed by atoms with Crippen molar-refractivity contribution in [2.45, 2.75) is 12.5 Å². The molecule has 182 valence electrons. The molecule has 0 radical (unpaired) electrons. The molecule has 2 aromatic heterocycles. The summed E-state index contributed by atoms with van der Waals surface area (Å²) < 4.78 is 15.2. The van der Waals surface area contributed by atoms with E-state index in [1.54, 1.807) is 24.4 Å². The summed E-state index contributed by atoms with van der Waals surface area (Å²) >= 11 is 0. The largest absolute Gasteiger partial charge is 0.341 e. The van der Waals surface area contributed by atoms with Crippen LogP contribution in [0, 0.1) is 5.82 Å². The number of aromatic nitrogens is 3. The highest BCUT2D eigenvalue weighted by atomic mass is 19.1. The zero-order valence-corrected chi connectivity index (χ0v) is 19.2. The summed E-state index contributed by atoms with van der Waals surface area (Å²) in [5.74, 6) is -2.94. The van der Waals surface area contributed by atoms with E-state index in [0.29, 0.717) is 11.3 Å². The van der Waals surface area contributed by atoms with Crippen molar-refractivity contribution in [3.63, 3.8) is 0 Å². The first kappa shape index (κ1) is 24.4. The van der Waals surface area contributed by atoms with Gasteiger partial charge in [-0.05, 0) is 35.9 Å². The predicted octanol–water partition coefficient (Wildman–Crippen LogP) is 2.66. The third-order valence-corrected chi connectivity index (χ3v) is 5.28. The Balaban J connectivity index is 1.62. The Morgan fingerprint density at radius 3 is 2.58 bits per heavy atom. The molecule has 0 bridgehead atoms. The minimum absolute atomic E-state index is 0.116. The third kappa shape index (κ3) is 5.68. The lowest BCUT2D eigenvalue weighted by Gasteiger charge is -2.18. The van der Waals surface area contributed by atoms with E-state index >= 15 is 0 Å². The number of carbonyl (C=O) groups excluding carboxylic acids is 3. The standard InChI is InChI=1S/C26H22FN5O4/c1-36-31-26(35)23(33)22(16-17-7-5-10-19(27)15-17)29-25(34)20-11-6-13-28-24(20)32-14-12-21(30-32)18-8-3-2-4-9-18/h2-15,22H,16H2,1H3,(H,29,34)(H,31,35). The van der Waals surface area contributed by atoms with Crippen molar-refractivity contribution < 1.29 is 23.6 Å². The molecule has 1 atom stereocenters. The molecule has 4 aromatic rings. The van der Waals surface area contributed by atoms with Crippen LogP contribution in [0.4, 0.5) is 4.39 Å². The molecule has 2 heterocycles. The molecule has 0 saturated carbocycles. The molecule has 9 nitrogen and oxygen atoms in total. The molecule has 2 N–H and O–H groups in total.